The highest BCUT2D eigenvalue weighted by Gasteiger charge is 2.22. The summed E-state index contributed by atoms with van der Waals surface area (Å²) in [7, 11) is 0. The van der Waals surface area contributed by atoms with E-state index in [9.17, 15) is 4.79 Å². The molecule has 0 bridgehead atoms. The van der Waals surface area contributed by atoms with Crippen LogP contribution in [0.25, 0.3) is 0 Å². The number of aromatic amines is 1. The molecular formula is C16H20N4O2. The maximum Gasteiger partial charge on any atom is 0.335 e. The number of benzene rings is 1. The Kier molecular flexibility index (Phi) is 4.20. The highest BCUT2D eigenvalue weighted by Crippen LogP contribution is 2.27. The Labute approximate surface area is 129 Å². The lowest BCUT2D eigenvalue weighted by Gasteiger charge is -2.32. The number of rotatable bonds is 4. The highest BCUT2D eigenvalue weighted by atomic mass is 16.4. The van der Waals surface area contributed by atoms with Gasteiger partial charge in [0.05, 0.1) is 12.1 Å². The second-order valence-corrected chi connectivity index (χ2v) is 5.84. The zero-order chi connectivity index (χ0) is 15.5. The summed E-state index contributed by atoms with van der Waals surface area (Å²) in [5, 5.41) is 16.0. The van der Waals surface area contributed by atoms with Crippen molar-refractivity contribution in [2.45, 2.75) is 32.2 Å². The summed E-state index contributed by atoms with van der Waals surface area (Å²) in [5.74, 6) is 1.24. The Morgan fingerprint density at radius 3 is 2.82 bits per heavy atom. The number of H-pyrrole nitrogens is 1. The van der Waals surface area contributed by atoms with Gasteiger partial charge in [0.15, 0.2) is 5.82 Å². The Morgan fingerprint density at radius 2 is 2.18 bits per heavy atom. The van der Waals surface area contributed by atoms with Gasteiger partial charge in [-0.05, 0) is 49.9 Å². The van der Waals surface area contributed by atoms with E-state index in [1.807, 2.05) is 19.1 Å². The molecule has 6 heteroatoms. The number of hydrogen-bond acceptors (Lipinski definition) is 4. The predicted molar refractivity (Wildman–Crippen MR) is 81.8 cm³/mol. The third kappa shape index (κ3) is 3.33. The Morgan fingerprint density at radius 1 is 1.41 bits per heavy atom. The number of hydrogen-bond donors (Lipinski definition) is 2. The van der Waals surface area contributed by atoms with Crippen molar-refractivity contribution >= 4 is 5.97 Å². The van der Waals surface area contributed by atoms with Gasteiger partial charge in [-0.25, -0.2) is 9.78 Å². The smallest absolute Gasteiger partial charge is 0.335 e. The first kappa shape index (κ1) is 14.7. The van der Waals surface area contributed by atoms with Crippen molar-refractivity contribution in [2.75, 3.05) is 13.1 Å². The highest BCUT2D eigenvalue weighted by molar-refractivity contribution is 5.87. The number of carboxylic acids is 1. The number of nitrogens with zero attached hydrogens (tertiary/aromatic N) is 3. The Hall–Kier alpha value is -2.21. The molecule has 2 heterocycles. The van der Waals surface area contributed by atoms with Gasteiger partial charge in [0.25, 0.3) is 0 Å². The molecule has 6 nitrogen and oxygen atoms in total. The molecule has 0 aliphatic carbocycles. The lowest BCUT2D eigenvalue weighted by Crippen LogP contribution is -2.34. The molecule has 2 aromatic rings. The number of carboxylic acid groups (broad SMARTS) is 1. The summed E-state index contributed by atoms with van der Waals surface area (Å²) in [6, 6.07) is 7.26. The fourth-order valence-corrected chi connectivity index (χ4v) is 3.03. The van der Waals surface area contributed by atoms with Gasteiger partial charge >= 0.3 is 5.97 Å². The summed E-state index contributed by atoms with van der Waals surface area (Å²) in [6.45, 7) is 4.67. The van der Waals surface area contributed by atoms with E-state index in [0.29, 0.717) is 11.5 Å². The molecule has 3 rings (SSSR count). The summed E-state index contributed by atoms with van der Waals surface area (Å²) >= 11 is 0. The molecule has 1 aromatic carbocycles. The minimum atomic E-state index is -0.878. The van der Waals surface area contributed by atoms with Crippen LogP contribution in [0.5, 0.6) is 0 Å². The molecule has 1 aliphatic rings. The van der Waals surface area contributed by atoms with E-state index < -0.39 is 5.97 Å². The van der Waals surface area contributed by atoms with E-state index in [1.54, 1.807) is 12.1 Å². The third-order valence-electron chi connectivity index (χ3n) is 4.14. The first-order valence-corrected chi connectivity index (χ1v) is 7.55. The zero-order valence-corrected chi connectivity index (χ0v) is 12.6. The average molecular weight is 300 g/mol. The number of likely N-dealkylation sites (tertiary alicyclic amines) is 1. The van der Waals surface area contributed by atoms with Crippen molar-refractivity contribution in [2.24, 2.45) is 0 Å². The average Bonchev–Trinajstić information content (AvgIpc) is 2.93. The summed E-state index contributed by atoms with van der Waals surface area (Å²) in [5.41, 5.74) is 1.55. The number of aromatic carboxylic acids is 1. The molecule has 116 valence electrons. The van der Waals surface area contributed by atoms with Crippen molar-refractivity contribution in [1.29, 1.82) is 0 Å². The van der Waals surface area contributed by atoms with E-state index >= 15 is 0 Å². The van der Waals surface area contributed by atoms with Crippen LogP contribution in [0.1, 0.15) is 46.3 Å². The van der Waals surface area contributed by atoms with Crippen LogP contribution in [-0.4, -0.2) is 44.2 Å². The largest absolute Gasteiger partial charge is 0.478 e. The van der Waals surface area contributed by atoms with Crippen LogP contribution in [0.3, 0.4) is 0 Å². The van der Waals surface area contributed by atoms with Crippen molar-refractivity contribution in [1.82, 2.24) is 20.1 Å². The van der Waals surface area contributed by atoms with Gasteiger partial charge in [-0.3, -0.25) is 10.00 Å². The first-order valence-electron chi connectivity index (χ1n) is 7.55. The molecule has 1 fully saturated rings. The molecule has 0 radical (unpaired) electrons. The summed E-state index contributed by atoms with van der Waals surface area (Å²) in [6.07, 6.45) is 2.27. The number of carbonyl (C=O) groups is 1. The van der Waals surface area contributed by atoms with Gasteiger partial charge in [-0.1, -0.05) is 12.1 Å². The quantitative estimate of drug-likeness (QED) is 0.904. The van der Waals surface area contributed by atoms with Crippen LogP contribution >= 0.6 is 0 Å². The molecular weight excluding hydrogens is 280 g/mol. The monoisotopic (exact) mass is 300 g/mol. The Balaban J connectivity index is 1.66. The molecule has 0 spiro atoms. The molecule has 22 heavy (non-hydrogen) atoms. The van der Waals surface area contributed by atoms with Crippen molar-refractivity contribution in [3.8, 4) is 0 Å². The molecule has 2 N–H and O–H groups in total. The second-order valence-electron chi connectivity index (χ2n) is 5.84. The van der Waals surface area contributed by atoms with Crippen molar-refractivity contribution < 1.29 is 9.90 Å². The molecule has 0 unspecified atom stereocenters. The van der Waals surface area contributed by atoms with Gasteiger partial charge in [0.1, 0.15) is 5.82 Å². The number of piperidine rings is 1. The minimum Gasteiger partial charge on any atom is -0.478 e. The van der Waals surface area contributed by atoms with Gasteiger partial charge in [-0.2, -0.15) is 5.10 Å². The van der Waals surface area contributed by atoms with E-state index in [4.69, 9.17) is 5.11 Å². The van der Waals surface area contributed by atoms with Crippen molar-refractivity contribution in [3.05, 3.63) is 47.0 Å². The van der Waals surface area contributed by atoms with Crippen molar-refractivity contribution in [3.63, 3.8) is 0 Å². The molecule has 0 saturated carbocycles. The molecule has 1 atom stereocenters. The van der Waals surface area contributed by atoms with Gasteiger partial charge in [-0.15, -0.1) is 0 Å². The fourth-order valence-electron chi connectivity index (χ4n) is 3.03. The second kappa shape index (κ2) is 6.27. The van der Waals surface area contributed by atoms with Crippen LogP contribution in [0, 0.1) is 6.92 Å². The topological polar surface area (TPSA) is 82.1 Å². The van der Waals surface area contributed by atoms with Crippen LogP contribution in [0.15, 0.2) is 24.3 Å². The maximum atomic E-state index is 10.9. The summed E-state index contributed by atoms with van der Waals surface area (Å²) < 4.78 is 0. The van der Waals surface area contributed by atoms with Crippen LogP contribution in [0.4, 0.5) is 0 Å². The van der Waals surface area contributed by atoms with Gasteiger partial charge in [0, 0.05) is 6.54 Å². The van der Waals surface area contributed by atoms with E-state index in [2.05, 4.69) is 20.1 Å². The number of aromatic nitrogens is 3. The summed E-state index contributed by atoms with van der Waals surface area (Å²) in [4.78, 5) is 17.6. The molecule has 1 saturated heterocycles. The van der Waals surface area contributed by atoms with E-state index in [1.165, 1.54) is 5.56 Å². The van der Waals surface area contributed by atoms with Crippen LogP contribution in [-0.2, 0) is 6.54 Å². The first-order chi connectivity index (χ1) is 10.6. The third-order valence-corrected chi connectivity index (χ3v) is 4.14. The van der Waals surface area contributed by atoms with Crippen LogP contribution in [0.2, 0.25) is 0 Å². The zero-order valence-electron chi connectivity index (χ0n) is 12.6. The number of nitrogens with one attached hydrogen (secondary N) is 1. The molecule has 1 aromatic heterocycles. The molecule has 0 amide bonds. The fraction of sp³-hybridized carbons (Fsp3) is 0.438. The number of aryl methyl sites for hydroxylation is 1. The lowest BCUT2D eigenvalue weighted by atomic mass is 9.90. The minimum absolute atomic E-state index is 0.340. The van der Waals surface area contributed by atoms with E-state index in [-0.39, 0.29) is 0 Å². The van der Waals surface area contributed by atoms with Crippen LogP contribution < -0.4 is 0 Å². The molecule has 1 aliphatic heterocycles. The SMILES string of the molecule is Cc1nc(CN2CCC[C@H](c3ccc(C(=O)O)cc3)C2)n[nH]1. The maximum absolute atomic E-state index is 10.9. The lowest BCUT2D eigenvalue weighted by molar-refractivity contribution is 0.0697. The van der Waals surface area contributed by atoms with Gasteiger partial charge < -0.3 is 5.11 Å². The van der Waals surface area contributed by atoms with E-state index in [0.717, 1.165) is 44.1 Å². The normalized spacial score (nSPS) is 19.2. The predicted octanol–water partition coefficient (Wildman–Crippen LogP) is 2.19. The standard InChI is InChI=1S/C16H20N4O2/c1-11-17-15(19-18-11)10-20-8-2-3-14(9-20)12-4-6-13(7-5-12)16(21)22/h4-7,14H,2-3,8-10H2,1H3,(H,21,22)(H,17,18,19)/t14-/m0/s1. The van der Waals surface area contributed by atoms with Gasteiger partial charge in [0.2, 0.25) is 0 Å². The Bertz CT molecular complexity index is 650.